The SMILES string of the molecule is CCC(C)(C)C(=O)NCC1(O)CCNC1. The van der Waals surface area contributed by atoms with Gasteiger partial charge < -0.3 is 15.7 Å². The highest BCUT2D eigenvalue weighted by atomic mass is 16.3. The van der Waals surface area contributed by atoms with Gasteiger partial charge in [0.2, 0.25) is 5.91 Å². The van der Waals surface area contributed by atoms with Crippen molar-refractivity contribution >= 4 is 5.91 Å². The Morgan fingerprint density at radius 1 is 1.60 bits per heavy atom. The van der Waals surface area contributed by atoms with Gasteiger partial charge in [-0.25, -0.2) is 0 Å². The Balaban J connectivity index is 2.40. The van der Waals surface area contributed by atoms with Crippen molar-refractivity contribution in [1.29, 1.82) is 0 Å². The largest absolute Gasteiger partial charge is 0.387 e. The number of carbonyl (C=O) groups is 1. The van der Waals surface area contributed by atoms with Crippen LogP contribution in [0.15, 0.2) is 0 Å². The second kappa shape index (κ2) is 4.49. The Hall–Kier alpha value is -0.610. The Bertz CT molecular complexity index is 233. The number of amides is 1. The van der Waals surface area contributed by atoms with Gasteiger partial charge in [0.05, 0.1) is 5.60 Å². The van der Waals surface area contributed by atoms with Crippen LogP contribution in [-0.4, -0.2) is 36.2 Å². The minimum absolute atomic E-state index is 0.0188. The zero-order valence-electron chi connectivity index (χ0n) is 9.89. The molecule has 0 aromatic carbocycles. The van der Waals surface area contributed by atoms with Crippen molar-refractivity contribution in [1.82, 2.24) is 10.6 Å². The van der Waals surface area contributed by atoms with Crippen LogP contribution in [0, 0.1) is 5.41 Å². The number of carbonyl (C=O) groups excluding carboxylic acids is 1. The van der Waals surface area contributed by atoms with E-state index in [2.05, 4.69) is 10.6 Å². The van der Waals surface area contributed by atoms with E-state index >= 15 is 0 Å². The van der Waals surface area contributed by atoms with Crippen LogP contribution >= 0.6 is 0 Å². The molecule has 4 nitrogen and oxygen atoms in total. The van der Waals surface area contributed by atoms with Gasteiger partial charge in [-0.05, 0) is 19.4 Å². The summed E-state index contributed by atoms with van der Waals surface area (Å²) in [5, 5.41) is 15.9. The van der Waals surface area contributed by atoms with Gasteiger partial charge in [-0.3, -0.25) is 4.79 Å². The Morgan fingerprint density at radius 3 is 2.73 bits per heavy atom. The molecule has 88 valence electrons. The molecule has 0 bridgehead atoms. The van der Waals surface area contributed by atoms with Crippen LogP contribution in [0.25, 0.3) is 0 Å². The third-order valence-electron chi connectivity index (χ3n) is 3.30. The van der Waals surface area contributed by atoms with Crippen LogP contribution in [0.3, 0.4) is 0 Å². The van der Waals surface area contributed by atoms with Gasteiger partial charge in [-0.15, -0.1) is 0 Å². The summed E-state index contributed by atoms with van der Waals surface area (Å²) in [4.78, 5) is 11.8. The van der Waals surface area contributed by atoms with Crippen molar-refractivity contribution in [2.75, 3.05) is 19.6 Å². The molecule has 0 aromatic heterocycles. The van der Waals surface area contributed by atoms with Gasteiger partial charge in [-0.1, -0.05) is 20.8 Å². The molecule has 0 aliphatic carbocycles. The number of nitrogens with one attached hydrogen (secondary N) is 2. The third kappa shape index (κ3) is 3.18. The van der Waals surface area contributed by atoms with Crippen molar-refractivity contribution < 1.29 is 9.90 Å². The minimum Gasteiger partial charge on any atom is -0.387 e. The van der Waals surface area contributed by atoms with Gasteiger partial charge in [0, 0.05) is 18.5 Å². The van der Waals surface area contributed by atoms with Crippen LogP contribution in [-0.2, 0) is 4.79 Å². The van der Waals surface area contributed by atoms with Crippen molar-refractivity contribution in [2.45, 2.75) is 39.2 Å². The molecule has 1 atom stereocenters. The van der Waals surface area contributed by atoms with Crippen LogP contribution < -0.4 is 10.6 Å². The monoisotopic (exact) mass is 214 g/mol. The van der Waals surface area contributed by atoms with Crippen LogP contribution in [0.2, 0.25) is 0 Å². The van der Waals surface area contributed by atoms with Gasteiger partial charge in [0.15, 0.2) is 0 Å². The lowest BCUT2D eigenvalue weighted by Gasteiger charge is -2.26. The summed E-state index contributed by atoms with van der Waals surface area (Å²) in [6.07, 6.45) is 1.51. The molecule has 1 amide bonds. The summed E-state index contributed by atoms with van der Waals surface area (Å²) >= 11 is 0. The van der Waals surface area contributed by atoms with Crippen LogP contribution in [0.5, 0.6) is 0 Å². The van der Waals surface area contributed by atoms with E-state index in [1.807, 2.05) is 20.8 Å². The lowest BCUT2D eigenvalue weighted by Crippen LogP contribution is -2.47. The van der Waals surface area contributed by atoms with E-state index < -0.39 is 5.60 Å². The molecule has 3 N–H and O–H groups in total. The van der Waals surface area contributed by atoms with E-state index in [1.165, 1.54) is 0 Å². The van der Waals surface area contributed by atoms with E-state index in [-0.39, 0.29) is 11.3 Å². The molecule has 1 rings (SSSR count). The van der Waals surface area contributed by atoms with Crippen LogP contribution in [0.1, 0.15) is 33.6 Å². The minimum atomic E-state index is -0.751. The summed E-state index contributed by atoms with van der Waals surface area (Å²) < 4.78 is 0. The van der Waals surface area contributed by atoms with E-state index in [4.69, 9.17) is 0 Å². The molecular formula is C11H22N2O2. The molecule has 15 heavy (non-hydrogen) atoms. The lowest BCUT2D eigenvalue weighted by atomic mass is 9.89. The average molecular weight is 214 g/mol. The number of rotatable bonds is 4. The Morgan fingerprint density at radius 2 is 2.27 bits per heavy atom. The molecule has 0 aromatic rings. The lowest BCUT2D eigenvalue weighted by molar-refractivity contribution is -0.130. The predicted molar refractivity (Wildman–Crippen MR) is 59.5 cm³/mol. The highest BCUT2D eigenvalue weighted by molar-refractivity contribution is 5.81. The molecule has 1 aliphatic rings. The molecular weight excluding hydrogens is 192 g/mol. The summed E-state index contributed by atoms with van der Waals surface area (Å²) in [6.45, 7) is 7.57. The van der Waals surface area contributed by atoms with Gasteiger partial charge in [0.25, 0.3) is 0 Å². The summed E-state index contributed by atoms with van der Waals surface area (Å²) in [5.41, 5.74) is -1.10. The Kier molecular flexibility index (Phi) is 3.73. The number of hydrogen-bond donors (Lipinski definition) is 3. The molecule has 0 radical (unpaired) electrons. The fourth-order valence-electron chi connectivity index (χ4n) is 1.53. The highest BCUT2D eigenvalue weighted by Crippen LogP contribution is 2.20. The first-order valence-electron chi connectivity index (χ1n) is 5.61. The highest BCUT2D eigenvalue weighted by Gasteiger charge is 2.33. The molecule has 1 aliphatic heterocycles. The van der Waals surface area contributed by atoms with E-state index in [0.717, 1.165) is 13.0 Å². The molecule has 0 saturated carbocycles. The zero-order chi connectivity index (χ0) is 11.5. The van der Waals surface area contributed by atoms with Gasteiger partial charge in [0.1, 0.15) is 0 Å². The third-order valence-corrected chi connectivity index (χ3v) is 3.30. The van der Waals surface area contributed by atoms with Crippen molar-refractivity contribution in [3.63, 3.8) is 0 Å². The second-order valence-electron chi connectivity index (χ2n) is 5.07. The quantitative estimate of drug-likeness (QED) is 0.629. The molecule has 4 heteroatoms. The molecule has 1 fully saturated rings. The second-order valence-corrected chi connectivity index (χ2v) is 5.07. The zero-order valence-corrected chi connectivity index (χ0v) is 9.89. The average Bonchev–Trinajstić information content (AvgIpc) is 2.62. The van der Waals surface area contributed by atoms with Crippen molar-refractivity contribution in [3.05, 3.63) is 0 Å². The number of β-amino-alcohol motifs (C(OH)–C–C–N with tert-alkyl or cyclic N) is 1. The first-order valence-corrected chi connectivity index (χ1v) is 5.61. The molecule has 1 heterocycles. The topological polar surface area (TPSA) is 61.4 Å². The van der Waals surface area contributed by atoms with E-state index in [0.29, 0.717) is 19.5 Å². The fourth-order valence-corrected chi connectivity index (χ4v) is 1.53. The van der Waals surface area contributed by atoms with Gasteiger partial charge >= 0.3 is 0 Å². The number of aliphatic hydroxyl groups is 1. The predicted octanol–water partition coefficient (Wildman–Crippen LogP) is 0.263. The molecule has 1 unspecified atom stereocenters. The maximum atomic E-state index is 11.8. The Labute approximate surface area is 91.4 Å². The smallest absolute Gasteiger partial charge is 0.225 e. The molecule has 0 spiro atoms. The maximum absolute atomic E-state index is 11.8. The maximum Gasteiger partial charge on any atom is 0.225 e. The summed E-state index contributed by atoms with van der Waals surface area (Å²) in [5.74, 6) is 0.0188. The number of hydrogen-bond acceptors (Lipinski definition) is 3. The normalized spacial score (nSPS) is 26.7. The first kappa shape index (κ1) is 12.5. The van der Waals surface area contributed by atoms with Gasteiger partial charge in [-0.2, -0.15) is 0 Å². The first-order chi connectivity index (χ1) is 6.90. The van der Waals surface area contributed by atoms with Crippen molar-refractivity contribution in [3.8, 4) is 0 Å². The van der Waals surface area contributed by atoms with Crippen LogP contribution in [0.4, 0.5) is 0 Å². The summed E-state index contributed by atoms with van der Waals surface area (Å²) in [6, 6.07) is 0. The van der Waals surface area contributed by atoms with E-state index in [1.54, 1.807) is 0 Å². The summed E-state index contributed by atoms with van der Waals surface area (Å²) in [7, 11) is 0. The standard InChI is InChI=1S/C11H22N2O2/c1-4-10(2,3)9(14)13-8-11(15)5-6-12-7-11/h12,15H,4-8H2,1-3H3,(H,13,14). The fraction of sp³-hybridized carbons (Fsp3) is 0.909. The van der Waals surface area contributed by atoms with E-state index in [9.17, 15) is 9.90 Å². The molecule has 1 saturated heterocycles. The van der Waals surface area contributed by atoms with Crippen molar-refractivity contribution in [2.24, 2.45) is 5.41 Å².